The number of halogens is 1. The number of aliphatic hydroxyl groups is 2. The van der Waals surface area contributed by atoms with Crippen molar-refractivity contribution in [3.63, 3.8) is 0 Å². The van der Waals surface area contributed by atoms with Gasteiger partial charge in [0.25, 0.3) is 5.91 Å². The third-order valence-electron chi connectivity index (χ3n) is 4.59. The Labute approximate surface area is 191 Å². The number of benzene rings is 2. The lowest BCUT2D eigenvalue weighted by atomic mass is 10.1. The number of ether oxygens (including phenoxy) is 1. The molecule has 1 aliphatic heterocycles. The highest BCUT2D eigenvalue weighted by atomic mass is 35.5. The number of hydrogen-bond acceptors (Lipinski definition) is 6. The van der Waals surface area contributed by atoms with Gasteiger partial charge in [0, 0.05) is 6.54 Å². The molecule has 0 aromatic heterocycles. The van der Waals surface area contributed by atoms with Crippen molar-refractivity contribution in [3.8, 4) is 5.75 Å². The third-order valence-corrected chi connectivity index (χ3v) is 5.89. The molecule has 1 heterocycles. The van der Waals surface area contributed by atoms with Crippen molar-refractivity contribution in [1.82, 2.24) is 0 Å². The minimum atomic E-state index is -0.742. The lowest BCUT2D eigenvalue weighted by Crippen LogP contribution is -2.29. The van der Waals surface area contributed by atoms with Crippen LogP contribution in [0.5, 0.6) is 5.75 Å². The highest BCUT2D eigenvalue weighted by Gasteiger charge is 2.35. The highest BCUT2D eigenvalue weighted by molar-refractivity contribution is 8.19. The van der Waals surface area contributed by atoms with E-state index in [0.29, 0.717) is 27.4 Å². The molecule has 164 valence electrons. The van der Waals surface area contributed by atoms with Crippen molar-refractivity contribution in [2.75, 3.05) is 24.7 Å². The monoisotopic (exact) mass is 460 g/mol. The van der Waals surface area contributed by atoms with Crippen molar-refractivity contribution in [1.29, 1.82) is 0 Å². The van der Waals surface area contributed by atoms with Crippen LogP contribution in [0.2, 0.25) is 5.02 Å². The Bertz CT molecular complexity index is 1000. The van der Waals surface area contributed by atoms with Gasteiger partial charge in [0.05, 0.1) is 28.8 Å². The number of carbonyl (C=O) groups excluding carboxylic acids is 1. The molecule has 0 unspecified atom stereocenters. The van der Waals surface area contributed by atoms with Crippen LogP contribution in [-0.2, 0) is 4.79 Å². The molecule has 8 heteroatoms. The molecule has 0 atom stereocenters. The smallest absolute Gasteiger partial charge is 0.271 e. The summed E-state index contributed by atoms with van der Waals surface area (Å²) in [7, 11) is 0. The molecule has 2 aromatic carbocycles. The number of aryl methyl sites for hydroxylation is 1. The van der Waals surface area contributed by atoms with Gasteiger partial charge >= 0.3 is 0 Å². The Morgan fingerprint density at radius 3 is 2.61 bits per heavy atom. The second kappa shape index (κ2) is 10.8. The van der Waals surface area contributed by atoms with Gasteiger partial charge in [0.2, 0.25) is 0 Å². The SMILES string of the molecule is CCC/N=C1\S/C(=C\c2ccc(OC(CO)CO)c(Cl)c2)C(=O)N1c1ccccc1C. The number of anilines is 1. The van der Waals surface area contributed by atoms with Crippen LogP contribution in [-0.4, -0.2) is 47.2 Å². The van der Waals surface area contributed by atoms with Crippen molar-refractivity contribution >= 4 is 46.2 Å². The number of aliphatic hydroxyl groups excluding tert-OH is 2. The predicted octanol–water partition coefficient (Wildman–Crippen LogP) is 4.27. The van der Waals surface area contributed by atoms with E-state index in [4.69, 9.17) is 16.3 Å². The molecule has 1 fully saturated rings. The zero-order chi connectivity index (χ0) is 22.4. The molecule has 0 radical (unpaired) electrons. The molecule has 2 N–H and O–H groups in total. The van der Waals surface area contributed by atoms with Gasteiger partial charge < -0.3 is 14.9 Å². The number of aliphatic imine (C=N–C) groups is 1. The first-order valence-electron chi connectivity index (χ1n) is 10.0. The van der Waals surface area contributed by atoms with Gasteiger partial charge in [-0.1, -0.05) is 42.8 Å². The molecule has 1 amide bonds. The Hall–Kier alpha value is -2.32. The average Bonchev–Trinajstić information content (AvgIpc) is 3.07. The Balaban J connectivity index is 1.91. The second-order valence-corrected chi connectivity index (χ2v) is 8.41. The lowest BCUT2D eigenvalue weighted by Gasteiger charge is -2.18. The van der Waals surface area contributed by atoms with E-state index in [1.807, 2.05) is 38.1 Å². The number of thioether (sulfide) groups is 1. The zero-order valence-electron chi connectivity index (χ0n) is 17.4. The summed E-state index contributed by atoms with van der Waals surface area (Å²) in [6.07, 6.45) is 1.92. The summed E-state index contributed by atoms with van der Waals surface area (Å²) in [6, 6.07) is 12.8. The Morgan fingerprint density at radius 1 is 1.23 bits per heavy atom. The third kappa shape index (κ3) is 5.49. The number of amides is 1. The van der Waals surface area contributed by atoms with Crippen LogP contribution in [0.25, 0.3) is 6.08 Å². The molecule has 0 aliphatic carbocycles. The summed E-state index contributed by atoms with van der Waals surface area (Å²) in [5.74, 6) is 0.222. The summed E-state index contributed by atoms with van der Waals surface area (Å²) in [6.45, 7) is 4.01. The molecule has 2 aromatic rings. The van der Waals surface area contributed by atoms with E-state index < -0.39 is 6.10 Å². The Kier molecular flexibility index (Phi) is 8.15. The van der Waals surface area contributed by atoms with E-state index in [-0.39, 0.29) is 19.1 Å². The van der Waals surface area contributed by atoms with Crippen LogP contribution in [0.4, 0.5) is 5.69 Å². The van der Waals surface area contributed by atoms with E-state index in [1.54, 1.807) is 29.2 Å². The van der Waals surface area contributed by atoms with Gasteiger partial charge in [-0.05, 0) is 60.5 Å². The first-order valence-corrected chi connectivity index (χ1v) is 11.2. The van der Waals surface area contributed by atoms with Gasteiger partial charge in [-0.3, -0.25) is 14.7 Å². The number of rotatable bonds is 8. The first kappa shape index (κ1) is 23.3. The summed E-state index contributed by atoms with van der Waals surface area (Å²) in [5.41, 5.74) is 2.55. The van der Waals surface area contributed by atoms with Gasteiger partial charge in [0.15, 0.2) is 5.17 Å². The topological polar surface area (TPSA) is 82.4 Å². The fourth-order valence-corrected chi connectivity index (χ4v) is 4.21. The van der Waals surface area contributed by atoms with Gasteiger partial charge in [-0.15, -0.1) is 0 Å². The average molecular weight is 461 g/mol. The van der Waals surface area contributed by atoms with Crippen LogP contribution in [0, 0.1) is 6.92 Å². The van der Waals surface area contributed by atoms with Gasteiger partial charge in [0.1, 0.15) is 11.9 Å². The van der Waals surface area contributed by atoms with Crippen molar-refractivity contribution < 1.29 is 19.7 Å². The number of hydrogen-bond donors (Lipinski definition) is 2. The zero-order valence-corrected chi connectivity index (χ0v) is 19.0. The van der Waals surface area contributed by atoms with E-state index in [0.717, 1.165) is 23.2 Å². The van der Waals surface area contributed by atoms with E-state index >= 15 is 0 Å². The predicted molar refractivity (Wildman–Crippen MR) is 127 cm³/mol. The second-order valence-electron chi connectivity index (χ2n) is 7.00. The molecular formula is C23H25ClN2O4S. The lowest BCUT2D eigenvalue weighted by molar-refractivity contribution is -0.113. The quantitative estimate of drug-likeness (QED) is 0.575. The molecular weight excluding hydrogens is 436 g/mol. The maximum Gasteiger partial charge on any atom is 0.271 e. The number of nitrogens with zero attached hydrogens (tertiary/aromatic N) is 2. The maximum atomic E-state index is 13.3. The number of carbonyl (C=O) groups is 1. The molecule has 3 rings (SSSR count). The fourth-order valence-electron chi connectivity index (χ4n) is 2.98. The van der Waals surface area contributed by atoms with Gasteiger partial charge in [-0.2, -0.15) is 0 Å². The summed E-state index contributed by atoms with van der Waals surface area (Å²) < 4.78 is 5.49. The standard InChI is InChI=1S/C23H25ClN2O4S/c1-3-10-25-23-26(19-7-5-4-6-15(19)2)22(29)21(31-23)12-16-8-9-20(18(24)11-16)30-17(13-27)14-28/h4-9,11-12,17,27-28H,3,10,13-14H2,1-2H3/b21-12-,25-23-. The molecule has 0 bridgehead atoms. The summed E-state index contributed by atoms with van der Waals surface area (Å²) in [5, 5.41) is 19.4. The van der Waals surface area contributed by atoms with Crippen molar-refractivity contribution in [2.24, 2.45) is 4.99 Å². The molecule has 1 aliphatic rings. The molecule has 1 saturated heterocycles. The molecule has 0 spiro atoms. The van der Waals surface area contributed by atoms with Crippen LogP contribution in [0.1, 0.15) is 24.5 Å². The van der Waals surface area contributed by atoms with Crippen LogP contribution in [0.3, 0.4) is 0 Å². The van der Waals surface area contributed by atoms with Crippen LogP contribution in [0.15, 0.2) is 52.4 Å². The first-order chi connectivity index (χ1) is 15.0. The normalized spacial score (nSPS) is 16.7. The molecule has 6 nitrogen and oxygen atoms in total. The summed E-state index contributed by atoms with van der Waals surface area (Å²) >= 11 is 7.65. The Morgan fingerprint density at radius 2 is 1.97 bits per heavy atom. The largest absolute Gasteiger partial charge is 0.484 e. The van der Waals surface area contributed by atoms with Crippen molar-refractivity contribution in [2.45, 2.75) is 26.4 Å². The minimum Gasteiger partial charge on any atom is -0.484 e. The van der Waals surface area contributed by atoms with Crippen LogP contribution >= 0.6 is 23.4 Å². The van der Waals surface area contributed by atoms with Crippen LogP contribution < -0.4 is 9.64 Å². The van der Waals surface area contributed by atoms with E-state index in [1.165, 1.54) is 11.8 Å². The van der Waals surface area contributed by atoms with E-state index in [9.17, 15) is 15.0 Å². The van der Waals surface area contributed by atoms with Crippen molar-refractivity contribution in [3.05, 3.63) is 63.5 Å². The number of para-hydroxylation sites is 1. The fraction of sp³-hybridized carbons (Fsp3) is 0.304. The minimum absolute atomic E-state index is 0.133. The molecule has 31 heavy (non-hydrogen) atoms. The van der Waals surface area contributed by atoms with Gasteiger partial charge in [-0.25, -0.2) is 0 Å². The number of amidine groups is 1. The molecule has 0 saturated carbocycles. The summed E-state index contributed by atoms with van der Waals surface area (Å²) in [4.78, 5) is 20.1. The highest BCUT2D eigenvalue weighted by Crippen LogP contribution is 2.38. The van der Waals surface area contributed by atoms with E-state index in [2.05, 4.69) is 4.99 Å². The maximum absolute atomic E-state index is 13.3.